The highest BCUT2D eigenvalue weighted by Crippen LogP contribution is 2.13. The first-order chi connectivity index (χ1) is 8.69. The van der Waals surface area contributed by atoms with Gasteiger partial charge in [-0.15, -0.1) is 0 Å². The summed E-state index contributed by atoms with van der Waals surface area (Å²) in [6.07, 6.45) is 3.52. The number of anilines is 2. The van der Waals surface area contributed by atoms with Crippen LogP contribution in [-0.4, -0.2) is 34.1 Å². The van der Waals surface area contributed by atoms with Gasteiger partial charge >= 0.3 is 6.01 Å². The Kier molecular flexibility index (Phi) is 3.52. The van der Waals surface area contributed by atoms with E-state index in [1.165, 1.54) is 7.11 Å². The van der Waals surface area contributed by atoms with Gasteiger partial charge in [0.15, 0.2) is 0 Å². The van der Waals surface area contributed by atoms with Gasteiger partial charge in [0.25, 0.3) is 0 Å². The molecule has 0 aliphatic rings. The molecular formula is C11H14N6O. The third kappa shape index (κ3) is 2.82. The molecule has 2 heterocycles. The van der Waals surface area contributed by atoms with E-state index in [0.29, 0.717) is 12.5 Å². The molecule has 0 bridgehead atoms. The van der Waals surface area contributed by atoms with Crippen molar-refractivity contribution in [2.75, 3.05) is 24.8 Å². The summed E-state index contributed by atoms with van der Waals surface area (Å²) in [5.41, 5.74) is 6.64. The largest absolute Gasteiger partial charge is 0.467 e. The molecule has 0 radical (unpaired) electrons. The van der Waals surface area contributed by atoms with E-state index in [9.17, 15) is 0 Å². The van der Waals surface area contributed by atoms with Crippen LogP contribution in [0.1, 0.15) is 5.56 Å². The van der Waals surface area contributed by atoms with Crippen LogP contribution in [0.3, 0.4) is 0 Å². The molecule has 0 spiro atoms. The van der Waals surface area contributed by atoms with Gasteiger partial charge < -0.3 is 15.4 Å². The molecule has 0 aromatic carbocycles. The van der Waals surface area contributed by atoms with Crippen molar-refractivity contribution in [3.8, 4) is 6.01 Å². The van der Waals surface area contributed by atoms with Gasteiger partial charge in [0.1, 0.15) is 0 Å². The van der Waals surface area contributed by atoms with E-state index in [1.54, 1.807) is 12.4 Å². The Morgan fingerprint density at radius 2 is 2.17 bits per heavy atom. The zero-order valence-electron chi connectivity index (χ0n) is 10.2. The van der Waals surface area contributed by atoms with E-state index in [1.807, 2.05) is 24.1 Å². The minimum absolute atomic E-state index is 0.134. The Bertz CT molecular complexity index is 518. The van der Waals surface area contributed by atoms with Crippen LogP contribution in [0.5, 0.6) is 6.01 Å². The molecule has 0 fully saturated rings. The van der Waals surface area contributed by atoms with Gasteiger partial charge in [0.2, 0.25) is 11.9 Å². The summed E-state index contributed by atoms with van der Waals surface area (Å²) in [5, 5.41) is 0. The van der Waals surface area contributed by atoms with Crippen LogP contribution in [0.2, 0.25) is 0 Å². The van der Waals surface area contributed by atoms with Gasteiger partial charge in [-0.2, -0.15) is 15.0 Å². The number of nitrogens with zero attached hydrogens (tertiary/aromatic N) is 5. The molecule has 2 rings (SSSR count). The number of methoxy groups -OCH3 is 1. The van der Waals surface area contributed by atoms with Crippen LogP contribution >= 0.6 is 0 Å². The molecule has 0 amide bonds. The number of nitrogen functional groups attached to an aromatic ring is 1. The third-order valence-electron chi connectivity index (χ3n) is 2.29. The fraction of sp³-hybridized carbons (Fsp3) is 0.273. The third-order valence-corrected chi connectivity index (χ3v) is 2.29. The summed E-state index contributed by atoms with van der Waals surface area (Å²) in [6, 6.07) is 4.06. The van der Waals surface area contributed by atoms with Crippen molar-refractivity contribution in [1.82, 2.24) is 19.9 Å². The Morgan fingerprint density at radius 3 is 2.83 bits per heavy atom. The smallest absolute Gasteiger partial charge is 0.322 e. The van der Waals surface area contributed by atoms with Crippen molar-refractivity contribution >= 4 is 11.9 Å². The highest BCUT2D eigenvalue weighted by molar-refractivity contribution is 5.36. The molecule has 7 nitrogen and oxygen atoms in total. The maximum atomic E-state index is 5.58. The Morgan fingerprint density at radius 1 is 1.33 bits per heavy atom. The standard InChI is InChI=1S/C11H14N6O/c1-17(7-8-4-3-5-13-6-8)10-14-9(12)15-11(16-10)18-2/h3-6H,7H2,1-2H3,(H2,12,14,15,16). The summed E-state index contributed by atoms with van der Waals surface area (Å²) in [5.74, 6) is 0.595. The second-order valence-corrected chi connectivity index (χ2v) is 3.70. The molecule has 0 aliphatic heterocycles. The van der Waals surface area contributed by atoms with Crippen molar-refractivity contribution in [2.24, 2.45) is 0 Å². The van der Waals surface area contributed by atoms with E-state index in [0.717, 1.165) is 5.56 Å². The first-order valence-corrected chi connectivity index (χ1v) is 5.34. The number of nitrogens with two attached hydrogens (primary N) is 1. The van der Waals surface area contributed by atoms with Crippen molar-refractivity contribution in [3.63, 3.8) is 0 Å². The first-order valence-electron chi connectivity index (χ1n) is 5.34. The maximum Gasteiger partial charge on any atom is 0.322 e. The number of ether oxygens (including phenoxy) is 1. The van der Waals surface area contributed by atoms with Crippen molar-refractivity contribution in [2.45, 2.75) is 6.54 Å². The predicted molar refractivity (Wildman–Crippen MR) is 67.1 cm³/mol. The van der Waals surface area contributed by atoms with Gasteiger partial charge in [-0.05, 0) is 11.6 Å². The van der Waals surface area contributed by atoms with E-state index >= 15 is 0 Å². The molecule has 94 valence electrons. The van der Waals surface area contributed by atoms with E-state index in [2.05, 4.69) is 19.9 Å². The van der Waals surface area contributed by atoms with Crippen molar-refractivity contribution in [1.29, 1.82) is 0 Å². The second kappa shape index (κ2) is 5.26. The highest BCUT2D eigenvalue weighted by Gasteiger charge is 2.09. The summed E-state index contributed by atoms with van der Waals surface area (Å²) >= 11 is 0. The second-order valence-electron chi connectivity index (χ2n) is 3.70. The summed E-state index contributed by atoms with van der Waals surface area (Å²) < 4.78 is 4.95. The van der Waals surface area contributed by atoms with Crippen LogP contribution in [0, 0.1) is 0 Å². The minimum atomic E-state index is 0.134. The van der Waals surface area contributed by atoms with E-state index in [-0.39, 0.29) is 12.0 Å². The van der Waals surface area contributed by atoms with Crippen LogP contribution in [0.15, 0.2) is 24.5 Å². The average Bonchev–Trinajstić information content (AvgIpc) is 2.39. The lowest BCUT2D eigenvalue weighted by Gasteiger charge is -2.17. The van der Waals surface area contributed by atoms with Crippen LogP contribution in [-0.2, 0) is 6.54 Å². The summed E-state index contributed by atoms with van der Waals surface area (Å²) in [6.45, 7) is 0.625. The molecule has 2 aromatic heterocycles. The van der Waals surface area contributed by atoms with Gasteiger partial charge in [-0.1, -0.05) is 6.07 Å². The molecule has 2 N–H and O–H groups in total. The predicted octanol–water partition coefficient (Wildman–Crippen LogP) is 0.494. The summed E-state index contributed by atoms with van der Waals surface area (Å²) in [4.78, 5) is 17.9. The number of hydrogen-bond acceptors (Lipinski definition) is 7. The lowest BCUT2D eigenvalue weighted by Crippen LogP contribution is -2.20. The first kappa shape index (κ1) is 12.0. The monoisotopic (exact) mass is 246 g/mol. The van der Waals surface area contributed by atoms with Crippen LogP contribution in [0.4, 0.5) is 11.9 Å². The van der Waals surface area contributed by atoms with Crippen molar-refractivity contribution < 1.29 is 4.74 Å². The zero-order valence-corrected chi connectivity index (χ0v) is 10.2. The van der Waals surface area contributed by atoms with Crippen LogP contribution in [0.25, 0.3) is 0 Å². The normalized spacial score (nSPS) is 10.1. The van der Waals surface area contributed by atoms with Crippen LogP contribution < -0.4 is 15.4 Å². The Labute approximate surface area is 105 Å². The quantitative estimate of drug-likeness (QED) is 0.839. The minimum Gasteiger partial charge on any atom is -0.467 e. The topological polar surface area (TPSA) is 90.0 Å². The molecular weight excluding hydrogens is 232 g/mol. The van der Waals surface area contributed by atoms with Gasteiger partial charge in [-0.25, -0.2) is 0 Å². The van der Waals surface area contributed by atoms with Gasteiger partial charge in [0, 0.05) is 26.0 Å². The number of rotatable bonds is 4. The SMILES string of the molecule is COc1nc(N)nc(N(C)Cc2cccnc2)n1. The molecule has 0 saturated carbocycles. The molecule has 0 unspecified atom stereocenters. The number of pyridine rings is 1. The highest BCUT2D eigenvalue weighted by atomic mass is 16.5. The molecule has 2 aromatic rings. The zero-order chi connectivity index (χ0) is 13.0. The fourth-order valence-corrected chi connectivity index (χ4v) is 1.46. The van der Waals surface area contributed by atoms with Gasteiger partial charge in [0.05, 0.1) is 7.11 Å². The number of hydrogen-bond donors (Lipinski definition) is 1. The fourth-order valence-electron chi connectivity index (χ4n) is 1.46. The maximum absolute atomic E-state index is 5.58. The lowest BCUT2D eigenvalue weighted by molar-refractivity contribution is 0.379. The molecule has 0 atom stereocenters. The Balaban J connectivity index is 2.18. The molecule has 0 saturated heterocycles. The average molecular weight is 246 g/mol. The lowest BCUT2D eigenvalue weighted by atomic mass is 10.3. The Hall–Kier alpha value is -2.44. The molecule has 0 aliphatic carbocycles. The van der Waals surface area contributed by atoms with Gasteiger partial charge in [-0.3, -0.25) is 4.98 Å². The van der Waals surface area contributed by atoms with E-state index in [4.69, 9.17) is 10.5 Å². The summed E-state index contributed by atoms with van der Waals surface area (Å²) in [7, 11) is 3.35. The molecule has 7 heteroatoms. The number of aromatic nitrogens is 4. The van der Waals surface area contributed by atoms with Crippen molar-refractivity contribution in [3.05, 3.63) is 30.1 Å². The van der Waals surface area contributed by atoms with E-state index < -0.39 is 0 Å². The molecule has 18 heavy (non-hydrogen) atoms.